The molecule has 110 valence electrons. The fourth-order valence-corrected chi connectivity index (χ4v) is 2.50. The van der Waals surface area contributed by atoms with Gasteiger partial charge in [-0.3, -0.25) is 4.79 Å². The molecule has 0 saturated carbocycles. The van der Waals surface area contributed by atoms with Crippen molar-refractivity contribution < 1.29 is 9.90 Å². The van der Waals surface area contributed by atoms with Crippen LogP contribution in [0.3, 0.4) is 0 Å². The molecule has 0 aliphatic heterocycles. The Morgan fingerprint density at radius 1 is 1.00 bits per heavy atom. The molecule has 0 heterocycles. The molecule has 3 aromatic rings. The van der Waals surface area contributed by atoms with Gasteiger partial charge in [0.25, 0.3) is 0 Å². The number of phenols is 1. The first kappa shape index (κ1) is 14.1. The number of hydrogen-bond acceptors (Lipinski definition) is 2. The van der Waals surface area contributed by atoms with Crippen LogP contribution < -0.4 is 5.32 Å². The smallest absolute Gasteiger partial charge is 0.228 e. The Hall–Kier alpha value is -2.81. The average Bonchev–Trinajstić information content (AvgIpc) is 2.50. The van der Waals surface area contributed by atoms with E-state index in [1.807, 2.05) is 61.5 Å². The van der Waals surface area contributed by atoms with Crippen molar-refractivity contribution in [3.05, 3.63) is 71.8 Å². The summed E-state index contributed by atoms with van der Waals surface area (Å²) in [4.78, 5) is 12.2. The van der Waals surface area contributed by atoms with Crippen LogP contribution in [0.5, 0.6) is 5.75 Å². The molecule has 0 atom stereocenters. The van der Waals surface area contributed by atoms with Crippen molar-refractivity contribution in [1.82, 2.24) is 0 Å². The minimum absolute atomic E-state index is 0.139. The van der Waals surface area contributed by atoms with Gasteiger partial charge in [0.05, 0.1) is 6.42 Å². The Morgan fingerprint density at radius 3 is 2.36 bits per heavy atom. The number of carbonyl (C=O) groups excluding carboxylic acids is 1. The van der Waals surface area contributed by atoms with Gasteiger partial charge in [-0.05, 0) is 41.5 Å². The van der Waals surface area contributed by atoms with E-state index in [4.69, 9.17) is 0 Å². The molecule has 0 radical (unpaired) electrons. The van der Waals surface area contributed by atoms with Gasteiger partial charge in [-0.25, -0.2) is 0 Å². The van der Waals surface area contributed by atoms with Crippen LogP contribution in [-0.2, 0) is 11.2 Å². The number of benzene rings is 3. The number of phenolic OH excluding ortho intramolecular Hbond substituents is 1. The number of fused-ring (bicyclic) bond motifs is 1. The van der Waals surface area contributed by atoms with E-state index in [2.05, 4.69) is 5.32 Å². The fourth-order valence-electron chi connectivity index (χ4n) is 2.50. The number of para-hydroxylation sites is 1. The molecule has 0 fully saturated rings. The van der Waals surface area contributed by atoms with Crippen molar-refractivity contribution in [2.24, 2.45) is 0 Å². The number of aryl methyl sites for hydroxylation is 1. The molecule has 3 nitrogen and oxygen atoms in total. The summed E-state index contributed by atoms with van der Waals surface area (Å²) in [5.74, 6) is 0.0125. The van der Waals surface area contributed by atoms with Crippen molar-refractivity contribution in [3.63, 3.8) is 0 Å². The predicted octanol–water partition coefficient (Wildman–Crippen LogP) is 4.04. The van der Waals surface area contributed by atoms with Gasteiger partial charge < -0.3 is 10.4 Å². The van der Waals surface area contributed by atoms with Crippen LogP contribution >= 0.6 is 0 Å². The van der Waals surface area contributed by atoms with Gasteiger partial charge in [-0.1, -0.05) is 42.5 Å². The third-order valence-corrected chi connectivity index (χ3v) is 3.72. The topological polar surface area (TPSA) is 49.3 Å². The molecule has 0 aliphatic carbocycles. The van der Waals surface area contributed by atoms with E-state index < -0.39 is 0 Å². The Bertz CT molecular complexity index is 840. The number of carbonyl (C=O) groups is 1. The Kier molecular flexibility index (Phi) is 3.79. The van der Waals surface area contributed by atoms with Crippen molar-refractivity contribution >= 4 is 22.4 Å². The zero-order valence-electron chi connectivity index (χ0n) is 12.3. The van der Waals surface area contributed by atoms with Gasteiger partial charge in [-0.2, -0.15) is 0 Å². The van der Waals surface area contributed by atoms with E-state index in [1.54, 1.807) is 6.07 Å². The maximum Gasteiger partial charge on any atom is 0.228 e. The maximum absolute atomic E-state index is 12.2. The lowest BCUT2D eigenvalue weighted by Crippen LogP contribution is -2.15. The monoisotopic (exact) mass is 291 g/mol. The quantitative estimate of drug-likeness (QED) is 0.765. The molecule has 0 unspecified atom stereocenters. The molecule has 0 aliphatic rings. The lowest BCUT2D eigenvalue weighted by atomic mass is 10.0. The van der Waals surface area contributed by atoms with Crippen LogP contribution in [0, 0.1) is 6.92 Å². The normalized spacial score (nSPS) is 10.6. The summed E-state index contributed by atoms with van der Waals surface area (Å²) in [6, 6.07) is 19.0. The first-order valence-electron chi connectivity index (χ1n) is 7.19. The minimum Gasteiger partial charge on any atom is -0.508 e. The molecule has 0 spiro atoms. The molecule has 0 bridgehead atoms. The highest BCUT2D eigenvalue weighted by molar-refractivity contribution is 5.94. The van der Waals surface area contributed by atoms with Crippen LogP contribution in [0.4, 0.5) is 5.69 Å². The SMILES string of the molecule is Cc1ccccc1NC(=O)Cc1cc2ccccc2cc1O. The van der Waals surface area contributed by atoms with Crippen molar-refractivity contribution in [3.8, 4) is 5.75 Å². The van der Waals surface area contributed by atoms with E-state index in [1.165, 1.54) is 0 Å². The van der Waals surface area contributed by atoms with E-state index in [9.17, 15) is 9.90 Å². The van der Waals surface area contributed by atoms with Gasteiger partial charge in [0.15, 0.2) is 0 Å². The first-order valence-corrected chi connectivity index (χ1v) is 7.19. The van der Waals surface area contributed by atoms with Crippen molar-refractivity contribution in [2.75, 3.05) is 5.32 Å². The Balaban J connectivity index is 1.82. The van der Waals surface area contributed by atoms with Crippen LogP contribution in [-0.4, -0.2) is 11.0 Å². The molecule has 3 aromatic carbocycles. The van der Waals surface area contributed by atoms with E-state index >= 15 is 0 Å². The number of nitrogens with one attached hydrogen (secondary N) is 1. The number of anilines is 1. The predicted molar refractivity (Wildman–Crippen MR) is 89.1 cm³/mol. The zero-order chi connectivity index (χ0) is 15.5. The Labute approximate surface area is 129 Å². The molecular weight excluding hydrogens is 274 g/mol. The molecule has 2 N–H and O–H groups in total. The van der Waals surface area contributed by atoms with E-state index in [-0.39, 0.29) is 18.1 Å². The average molecular weight is 291 g/mol. The number of amides is 1. The van der Waals surface area contributed by atoms with Gasteiger partial charge in [-0.15, -0.1) is 0 Å². The highest BCUT2D eigenvalue weighted by atomic mass is 16.3. The van der Waals surface area contributed by atoms with Crippen LogP contribution in [0.15, 0.2) is 60.7 Å². The fraction of sp³-hybridized carbons (Fsp3) is 0.105. The summed E-state index contributed by atoms with van der Waals surface area (Å²) in [6.45, 7) is 1.95. The van der Waals surface area contributed by atoms with Gasteiger partial charge in [0, 0.05) is 11.3 Å². The number of hydrogen-bond donors (Lipinski definition) is 2. The van der Waals surface area contributed by atoms with Crippen molar-refractivity contribution in [1.29, 1.82) is 0 Å². The largest absolute Gasteiger partial charge is 0.508 e. The number of rotatable bonds is 3. The summed E-state index contributed by atoms with van der Waals surface area (Å²) < 4.78 is 0. The summed E-state index contributed by atoms with van der Waals surface area (Å²) in [5, 5.41) is 15.0. The lowest BCUT2D eigenvalue weighted by molar-refractivity contribution is -0.115. The summed E-state index contributed by atoms with van der Waals surface area (Å²) in [7, 11) is 0. The highest BCUT2D eigenvalue weighted by Gasteiger charge is 2.10. The molecular formula is C19H17NO2. The van der Waals surface area contributed by atoms with Gasteiger partial charge in [0.1, 0.15) is 5.75 Å². The van der Waals surface area contributed by atoms with E-state index in [0.29, 0.717) is 5.56 Å². The summed E-state index contributed by atoms with van der Waals surface area (Å²) >= 11 is 0. The highest BCUT2D eigenvalue weighted by Crippen LogP contribution is 2.25. The molecule has 1 amide bonds. The Morgan fingerprint density at radius 2 is 1.64 bits per heavy atom. The maximum atomic E-state index is 12.2. The van der Waals surface area contributed by atoms with E-state index in [0.717, 1.165) is 22.0 Å². The second-order valence-corrected chi connectivity index (χ2v) is 5.37. The van der Waals surface area contributed by atoms with Crippen LogP contribution in [0.1, 0.15) is 11.1 Å². The van der Waals surface area contributed by atoms with Gasteiger partial charge in [0.2, 0.25) is 5.91 Å². The lowest BCUT2D eigenvalue weighted by Gasteiger charge is -2.10. The second-order valence-electron chi connectivity index (χ2n) is 5.37. The standard InChI is InChI=1S/C19H17NO2/c1-13-6-2-5-9-17(13)20-19(22)12-16-10-14-7-3-4-8-15(14)11-18(16)21/h2-11,21H,12H2,1H3,(H,20,22). The van der Waals surface area contributed by atoms with Crippen LogP contribution in [0.2, 0.25) is 0 Å². The third kappa shape index (κ3) is 2.93. The minimum atomic E-state index is -0.139. The molecule has 3 heteroatoms. The second kappa shape index (κ2) is 5.90. The van der Waals surface area contributed by atoms with Crippen molar-refractivity contribution in [2.45, 2.75) is 13.3 Å². The van der Waals surface area contributed by atoms with Gasteiger partial charge >= 0.3 is 0 Å². The zero-order valence-corrected chi connectivity index (χ0v) is 12.3. The summed E-state index contributed by atoms with van der Waals surface area (Å²) in [5.41, 5.74) is 2.44. The first-order chi connectivity index (χ1) is 10.6. The molecule has 3 rings (SSSR count). The number of aromatic hydroxyl groups is 1. The molecule has 0 aromatic heterocycles. The molecule has 22 heavy (non-hydrogen) atoms. The van der Waals surface area contributed by atoms with Crippen LogP contribution in [0.25, 0.3) is 10.8 Å². The summed E-state index contributed by atoms with van der Waals surface area (Å²) in [6.07, 6.45) is 0.144. The molecule has 0 saturated heterocycles. The third-order valence-electron chi connectivity index (χ3n) is 3.72.